The molecule has 0 aromatic carbocycles. The highest BCUT2D eigenvalue weighted by atomic mass is 16.6. The van der Waals surface area contributed by atoms with Gasteiger partial charge < -0.3 is 20.1 Å². The molecule has 3 aliphatic rings. The number of methoxy groups -OCH3 is 1. The Hall–Kier alpha value is -2.32. The number of amides is 1. The van der Waals surface area contributed by atoms with Crippen molar-refractivity contribution < 1.29 is 24.0 Å². The SMILES string of the molecule is COC(=O)C(C)(CC1=CNC2CCCCC12)NC(=O)OC1CCC([N+](=O)[O-])CC1. The fourth-order valence-corrected chi connectivity index (χ4v) is 4.86. The molecule has 1 amide bonds. The van der Waals surface area contributed by atoms with Crippen LogP contribution >= 0.6 is 0 Å². The maximum absolute atomic E-state index is 12.5. The first-order valence-corrected chi connectivity index (χ1v) is 10.5. The van der Waals surface area contributed by atoms with Crippen LogP contribution in [0.3, 0.4) is 0 Å². The minimum Gasteiger partial charge on any atom is -0.467 e. The molecule has 162 valence electrons. The number of rotatable bonds is 6. The van der Waals surface area contributed by atoms with Gasteiger partial charge in [0.1, 0.15) is 11.6 Å². The van der Waals surface area contributed by atoms with Crippen LogP contribution in [0.2, 0.25) is 0 Å². The average molecular weight is 409 g/mol. The number of ether oxygens (including phenoxy) is 2. The van der Waals surface area contributed by atoms with Gasteiger partial charge in [0.05, 0.1) is 7.11 Å². The summed E-state index contributed by atoms with van der Waals surface area (Å²) in [5.41, 5.74) is -0.113. The molecular weight excluding hydrogens is 378 g/mol. The monoisotopic (exact) mass is 409 g/mol. The van der Waals surface area contributed by atoms with Gasteiger partial charge >= 0.3 is 12.1 Å². The van der Waals surface area contributed by atoms with Crippen LogP contribution in [0.4, 0.5) is 4.79 Å². The Balaban J connectivity index is 1.59. The first-order valence-electron chi connectivity index (χ1n) is 10.5. The Bertz CT molecular complexity index is 673. The standard InChI is InChI=1S/C20H31N3O6/c1-20(18(24)28-2,11-13-12-21-17-6-4-3-5-16(13)17)22-19(25)29-15-9-7-14(8-10-15)23(26)27/h12,14-17,21H,3-11H2,1-2H3,(H,22,25). The number of hydrogen-bond donors (Lipinski definition) is 2. The number of hydrogen-bond acceptors (Lipinski definition) is 7. The zero-order valence-electron chi connectivity index (χ0n) is 17.1. The molecule has 3 atom stereocenters. The van der Waals surface area contributed by atoms with Crippen LogP contribution in [0.5, 0.6) is 0 Å². The van der Waals surface area contributed by atoms with Crippen molar-refractivity contribution in [1.82, 2.24) is 10.6 Å². The Labute approximate surface area is 170 Å². The van der Waals surface area contributed by atoms with E-state index in [0.717, 1.165) is 24.8 Å². The number of fused-ring (bicyclic) bond motifs is 1. The second-order valence-electron chi connectivity index (χ2n) is 8.63. The third-order valence-corrected chi connectivity index (χ3v) is 6.51. The molecule has 29 heavy (non-hydrogen) atoms. The first-order chi connectivity index (χ1) is 13.8. The van der Waals surface area contributed by atoms with Gasteiger partial charge in [-0.2, -0.15) is 0 Å². The van der Waals surface area contributed by atoms with E-state index in [1.54, 1.807) is 6.92 Å². The number of esters is 1. The molecule has 0 bridgehead atoms. The second kappa shape index (κ2) is 9.00. The van der Waals surface area contributed by atoms with E-state index in [2.05, 4.69) is 10.6 Å². The van der Waals surface area contributed by atoms with E-state index in [1.165, 1.54) is 13.5 Å². The lowest BCUT2D eigenvalue weighted by atomic mass is 9.78. The summed E-state index contributed by atoms with van der Waals surface area (Å²) in [4.78, 5) is 35.6. The maximum atomic E-state index is 12.5. The summed E-state index contributed by atoms with van der Waals surface area (Å²) in [7, 11) is 1.30. The molecule has 2 N–H and O–H groups in total. The van der Waals surface area contributed by atoms with Crippen LogP contribution in [0.1, 0.15) is 64.7 Å². The van der Waals surface area contributed by atoms with Crippen LogP contribution in [-0.4, -0.2) is 47.8 Å². The molecule has 0 aromatic heterocycles. The molecule has 2 aliphatic carbocycles. The number of nitro groups is 1. The highest BCUT2D eigenvalue weighted by molar-refractivity contribution is 5.85. The first kappa shape index (κ1) is 21.4. The second-order valence-corrected chi connectivity index (χ2v) is 8.63. The van der Waals surface area contributed by atoms with Crippen molar-refractivity contribution in [2.24, 2.45) is 5.92 Å². The summed E-state index contributed by atoms with van der Waals surface area (Å²) >= 11 is 0. The van der Waals surface area contributed by atoms with Crippen LogP contribution in [0.25, 0.3) is 0 Å². The van der Waals surface area contributed by atoms with Gasteiger partial charge in [-0.25, -0.2) is 9.59 Å². The summed E-state index contributed by atoms with van der Waals surface area (Å²) in [6.45, 7) is 1.65. The average Bonchev–Trinajstić information content (AvgIpc) is 3.10. The number of nitrogens with zero attached hydrogens (tertiary/aromatic N) is 1. The van der Waals surface area contributed by atoms with Crippen molar-refractivity contribution in [2.45, 2.75) is 88.4 Å². The van der Waals surface area contributed by atoms with Crippen molar-refractivity contribution in [3.8, 4) is 0 Å². The van der Waals surface area contributed by atoms with E-state index in [9.17, 15) is 19.7 Å². The predicted molar refractivity (Wildman–Crippen MR) is 105 cm³/mol. The molecular formula is C20H31N3O6. The Kier molecular flexibility index (Phi) is 6.64. The van der Waals surface area contributed by atoms with Crippen molar-refractivity contribution in [3.63, 3.8) is 0 Å². The number of alkyl carbamates (subject to hydrolysis) is 1. The number of carbonyl (C=O) groups is 2. The van der Waals surface area contributed by atoms with E-state index in [0.29, 0.717) is 44.1 Å². The molecule has 0 spiro atoms. The molecule has 1 aliphatic heterocycles. The van der Waals surface area contributed by atoms with E-state index in [4.69, 9.17) is 9.47 Å². The van der Waals surface area contributed by atoms with Crippen molar-refractivity contribution in [2.75, 3.05) is 7.11 Å². The molecule has 3 unspecified atom stereocenters. The quantitative estimate of drug-likeness (QED) is 0.393. The fourth-order valence-electron chi connectivity index (χ4n) is 4.86. The topological polar surface area (TPSA) is 120 Å². The van der Waals surface area contributed by atoms with Gasteiger partial charge in [0, 0.05) is 36.1 Å². The molecule has 9 heteroatoms. The van der Waals surface area contributed by atoms with Crippen LogP contribution in [0.15, 0.2) is 11.8 Å². The maximum Gasteiger partial charge on any atom is 0.408 e. The summed E-state index contributed by atoms with van der Waals surface area (Å²) in [6.07, 6.45) is 7.51. The van der Waals surface area contributed by atoms with Gasteiger partial charge in [0.25, 0.3) is 0 Å². The summed E-state index contributed by atoms with van der Waals surface area (Å²) in [5, 5.41) is 17.0. The van der Waals surface area contributed by atoms with Gasteiger partial charge in [0.15, 0.2) is 0 Å². The lowest BCUT2D eigenvalue weighted by molar-refractivity contribution is -0.527. The third kappa shape index (κ3) is 5.00. The number of carbonyl (C=O) groups excluding carboxylic acids is 2. The van der Waals surface area contributed by atoms with Gasteiger partial charge in [-0.05, 0) is 44.4 Å². The Morgan fingerprint density at radius 3 is 2.59 bits per heavy atom. The summed E-state index contributed by atoms with van der Waals surface area (Å²) in [5.74, 6) is -0.144. The molecule has 0 saturated heterocycles. The Morgan fingerprint density at radius 2 is 1.93 bits per heavy atom. The van der Waals surface area contributed by atoms with Crippen LogP contribution < -0.4 is 10.6 Å². The van der Waals surface area contributed by atoms with Crippen molar-refractivity contribution >= 4 is 12.1 Å². The van der Waals surface area contributed by atoms with E-state index >= 15 is 0 Å². The van der Waals surface area contributed by atoms with E-state index < -0.39 is 23.6 Å². The molecule has 9 nitrogen and oxygen atoms in total. The highest BCUT2D eigenvalue weighted by Crippen LogP contribution is 2.37. The fraction of sp³-hybridized carbons (Fsp3) is 0.800. The zero-order chi connectivity index (χ0) is 21.0. The van der Waals surface area contributed by atoms with Gasteiger partial charge in [0.2, 0.25) is 6.04 Å². The Morgan fingerprint density at radius 1 is 1.24 bits per heavy atom. The third-order valence-electron chi connectivity index (χ3n) is 6.51. The predicted octanol–water partition coefficient (Wildman–Crippen LogP) is 2.67. The van der Waals surface area contributed by atoms with Gasteiger partial charge in [-0.3, -0.25) is 10.1 Å². The van der Waals surface area contributed by atoms with Crippen molar-refractivity contribution in [1.29, 1.82) is 0 Å². The molecule has 0 radical (unpaired) electrons. The van der Waals surface area contributed by atoms with Gasteiger partial charge in [-0.1, -0.05) is 12.8 Å². The summed E-state index contributed by atoms with van der Waals surface area (Å²) in [6, 6.07) is -0.159. The number of nitrogens with one attached hydrogen (secondary N) is 2. The molecule has 1 heterocycles. The van der Waals surface area contributed by atoms with E-state index in [1.807, 2.05) is 6.20 Å². The molecule has 2 saturated carbocycles. The normalized spacial score (nSPS) is 30.8. The van der Waals surface area contributed by atoms with Gasteiger partial charge in [-0.15, -0.1) is 0 Å². The van der Waals surface area contributed by atoms with Crippen LogP contribution in [0, 0.1) is 16.0 Å². The zero-order valence-corrected chi connectivity index (χ0v) is 17.1. The minimum absolute atomic E-state index is 0.271. The summed E-state index contributed by atoms with van der Waals surface area (Å²) < 4.78 is 10.4. The minimum atomic E-state index is -1.23. The molecule has 3 rings (SSSR count). The smallest absolute Gasteiger partial charge is 0.408 e. The van der Waals surface area contributed by atoms with Crippen LogP contribution in [-0.2, 0) is 14.3 Å². The lowest BCUT2D eigenvalue weighted by Gasteiger charge is -2.33. The highest BCUT2D eigenvalue weighted by Gasteiger charge is 2.42. The molecule has 2 fully saturated rings. The lowest BCUT2D eigenvalue weighted by Crippen LogP contribution is -2.54. The molecule has 0 aromatic rings. The van der Waals surface area contributed by atoms with Crippen molar-refractivity contribution in [3.05, 3.63) is 21.9 Å². The largest absolute Gasteiger partial charge is 0.467 e. The van der Waals surface area contributed by atoms with E-state index in [-0.39, 0.29) is 11.0 Å².